The first-order valence-corrected chi connectivity index (χ1v) is 5.41. The summed E-state index contributed by atoms with van der Waals surface area (Å²) < 4.78 is 0. The molecule has 5 heteroatoms. The first kappa shape index (κ1) is 18.9. The van der Waals surface area contributed by atoms with E-state index in [9.17, 15) is 9.59 Å². The van der Waals surface area contributed by atoms with E-state index in [2.05, 4.69) is 0 Å². The summed E-state index contributed by atoms with van der Waals surface area (Å²) >= 11 is 0. The Morgan fingerprint density at radius 2 is 1.56 bits per heavy atom. The van der Waals surface area contributed by atoms with Crippen molar-refractivity contribution in [1.82, 2.24) is 0 Å². The molecule has 0 aliphatic carbocycles. The van der Waals surface area contributed by atoms with Gasteiger partial charge in [-0.2, -0.15) is 0 Å². The minimum absolute atomic E-state index is 0. The fourth-order valence-corrected chi connectivity index (χ4v) is 2.04. The molecule has 0 aromatic carbocycles. The molecule has 4 nitrogen and oxygen atoms in total. The number of carboxylic acids is 2. The van der Waals surface area contributed by atoms with Crippen LogP contribution >= 0.6 is 0 Å². The van der Waals surface area contributed by atoms with Crippen molar-refractivity contribution in [1.29, 1.82) is 0 Å². The van der Waals surface area contributed by atoms with Crippen LogP contribution in [0.15, 0.2) is 0 Å². The van der Waals surface area contributed by atoms with Crippen molar-refractivity contribution in [3.05, 3.63) is 0 Å². The second-order valence-electron chi connectivity index (χ2n) is 3.97. The van der Waals surface area contributed by atoms with Crippen LogP contribution < -0.4 is 0 Å². The summed E-state index contributed by atoms with van der Waals surface area (Å²) in [6, 6.07) is 0. The van der Waals surface area contributed by atoms with Gasteiger partial charge in [0.05, 0.1) is 0 Å². The van der Waals surface area contributed by atoms with Gasteiger partial charge in [-0.05, 0) is 11.8 Å². The quantitative estimate of drug-likeness (QED) is 0.533. The van der Waals surface area contributed by atoms with Crippen LogP contribution in [-0.2, 0) is 9.59 Å². The average molecular weight is 356 g/mol. The molecular weight excluding hydrogens is 333 g/mol. The first-order chi connectivity index (χ1) is 6.95. The van der Waals surface area contributed by atoms with Crippen LogP contribution in [0, 0.1) is 17.8 Å². The van der Waals surface area contributed by atoms with Gasteiger partial charge in [-0.1, -0.05) is 40.0 Å². The van der Waals surface area contributed by atoms with Gasteiger partial charge in [0.25, 0.3) is 0 Å². The monoisotopic (exact) mass is 356 g/mol. The van der Waals surface area contributed by atoms with Crippen LogP contribution in [0.2, 0.25) is 0 Å². The first-order valence-electron chi connectivity index (χ1n) is 5.41. The Hall–Kier alpha value is 0.511. The summed E-state index contributed by atoms with van der Waals surface area (Å²) in [5, 5.41) is 17.7. The molecule has 2 unspecified atom stereocenters. The maximum absolute atomic E-state index is 10.8. The topological polar surface area (TPSA) is 74.6 Å². The normalized spacial score (nSPS) is 14.0. The fraction of sp³-hybridized carbons (Fsp3) is 0.818. The Bertz CT molecular complexity index is 216. The minimum atomic E-state index is -1.28. The molecule has 0 saturated carbocycles. The summed E-state index contributed by atoms with van der Waals surface area (Å²) in [5.41, 5.74) is 0. The van der Waals surface area contributed by atoms with Gasteiger partial charge in [-0.25, -0.2) is 0 Å². The van der Waals surface area contributed by atoms with E-state index in [4.69, 9.17) is 10.2 Å². The Kier molecular flexibility index (Phi) is 11.2. The molecule has 92 valence electrons. The van der Waals surface area contributed by atoms with Crippen molar-refractivity contribution in [3.8, 4) is 0 Å². The van der Waals surface area contributed by atoms with E-state index in [1.807, 2.05) is 13.8 Å². The molecule has 0 amide bonds. The number of hydrogen-bond acceptors (Lipinski definition) is 2. The van der Waals surface area contributed by atoms with Crippen molar-refractivity contribution in [2.24, 2.45) is 17.8 Å². The predicted octanol–water partition coefficient (Wildman–Crippen LogP) is 1.32. The van der Waals surface area contributed by atoms with Crippen LogP contribution in [0.3, 0.4) is 0 Å². The van der Waals surface area contributed by atoms with Gasteiger partial charge >= 0.3 is 60.8 Å². The van der Waals surface area contributed by atoms with E-state index >= 15 is 0 Å². The van der Waals surface area contributed by atoms with Gasteiger partial charge in [-0.15, -0.1) is 0 Å². The molecule has 0 aliphatic rings. The molecule has 2 atom stereocenters. The number of aliphatic carboxylic acids is 2. The van der Waals surface area contributed by atoms with Crippen molar-refractivity contribution >= 4 is 60.8 Å². The number of carboxylic acid groups (broad SMARTS) is 2. The Morgan fingerprint density at radius 3 is 1.81 bits per heavy atom. The molecule has 0 rings (SSSR count). The van der Waals surface area contributed by atoms with E-state index in [-0.39, 0.29) is 60.7 Å². The van der Waals surface area contributed by atoms with Gasteiger partial charge in [0.15, 0.2) is 5.92 Å². The van der Waals surface area contributed by atoms with E-state index in [1.165, 1.54) is 0 Å². The maximum atomic E-state index is 10.8. The Balaban J connectivity index is 0. The molecule has 0 fully saturated rings. The zero-order chi connectivity index (χ0) is 12.0. The van der Waals surface area contributed by atoms with E-state index in [0.717, 1.165) is 19.3 Å². The molecule has 16 heavy (non-hydrogen) atoms. The van der Waals surface area contributed by atoms with Gasteiger partial charge in [-0.3, -0.25) is 9.59 Å². The van der Waals surface area contributed by atoms with Crippen molar-refractivity contribution in [2.45, 2.75) is 40.0 Å². The van der Waals surface area contributed by atoms with Gasteiger partial charge < -0.3 is 10.2 Å². The van der Waals surface area contributed by atoms with Gasteiger partial charge in [0.1, 0.15) is 0 Å². The zero-order valence-corrected chi connectivity index (χ0v) is 9.56. The SMILES string of the molecule is CCCC(CC)C(C)C(C(=O)O)C(=O)O.[BaH2]. The Morgan fingerprint density at radius 1 is 1.12 bits per heavy atom. The standard InChI is InChI=1S/C11H20O4.Ba.2H/c1-4-6-8(5-2)7(3)9(10(12)13)11(14)15;;;/h7-9H,4-6H2,1-3H3,(H,12,13)(H,14,15);;;. The summed E-state index contributed by atoms with van der Waals surface area (Å²) in [7, 11) is 0. The van der Waals surface area contributed by atoms with E-state index in [1.54, 1.807) is 6.92 Å². The van der Waals surface area contributed by atoms with Crippen LogP contribution in [0.5, 0.6) is 0 Å². The summed E-state index contributed by atoms with van der Waals surface area (Å²) in [4.78, 5) is 21.7. The zero-order valence-electron chi connectivity index (χ0n) is 9.56. The molecule has 0 aromatic heterocycles. The summed E-state index contributed by atoms with van der Waals surface area (Å²) in [6.45, 7) is 5.71. The second kappa shape index (κ2) is 9.53. The second-order valence-corrected chi connectivity index (χ2v) is 3.97. The predicted molar refractivity (Wildman–Crippen MR) is 65.2 cm³/mol. The van der Waals surface area contributed by atoms with Gasteiger partial charge in [0, 0.05) is 0 Å². The molecular formula is C11H22BaO4. The van der Waals surface area contributed by atoms with Gasteiger partial charge in [0.2, 0.25) is 0 Å². The molecule has 0 aromatic rings. The van der Waals surface area contributed by atoms with Crippen LogP contribution in [0.1, 0.15) is 40.0 Å². The number of hydrogen-bond donors (Lipinski definition) is 2. The third-order valence-corrected chi connectivity index (χ3v) is 2.99. The molecule has 0 aliphatic heterocycles. The summed E-state index contributed by atoms with van der Waals surface area (Å²) in [6.07, 6.45) is 2.66. The van der Waals surface area contributed by atoms with Crippen molar-refractivity contribution < 1.29 is 19.8 Å². The molecule has 0 saturated heterocycles. The van der Waals surface area contributed by atoms with E-state index < -0.39 is 17.9 Å². The third kappa shape index (κ3) is 5.72. The van der Waals surface area contributed by atoms with Crippen LogP contribution in [0.4, 0.5) is 0 Å². The van der Waals surface area contributed by atoms with Crippen molar-refractivity contribution in [3.63, 3.8) is 0 Å². The molecule has 2 N–H and O–H groups in total. The number of rotatable bonds is 7. The average Bonchev–Trinajstić information content (AvgIpc) is 2.12. The number of carbonyl (C=O) groups is 2. The molecule has 0 bridgehead atoms. The third-order valence-electron chi connectivity index (χ3n) is 2.99. The van der Waals surface area contributed by atoms with Crippen molar-refractivity contribution in [2.75, 3.05) is 0 Å². The fourth-order valence-electron chi connectivity index (χ4n) is 2.04. The Labute approximate surface area is 137 Å². The molecule has 0 radical (unpaired) electrons. The summed E-state index contributed by atoms with van der Waals surface area (Å²) in [5.74, 6) is -3.88. The van der Waals surface area contributed by atoms with E-state index in [0.29, 0.717) is 0 Å². The molecule has 0 spiro atoms. The van der Waals surface area contributed by atoms with Crippen LogP contribution in [-0.4, -0.2) is 71.0 Å². The van der Waals surface area contributed by atoms with Crippen LogP contribution in [0.25, 0.3) is 0 Å². The molecule has 0 heterocycles.